The Hall–Kier alpha value is -2.42. The van der Waals surface area contributed by atoms with Crippen LogP contribution in [0.25, 0.3) is 0 Å². The Labute approximate surface area is 180 Å². The van der Waals surface area contributed by atoms with Gasteiger partial charge >= 0.3 is 6.18 Å². The van der Waals surface area contributed by atoms with Crippen molar-refractivity contribution < 1.29 is 26.4 Å². The summed E-state index contributed by atoms with van der Waals surface area (Å²) in [6.45, 7) is 2.70. The molecule has 0 N–H and O–H groups in total. The zero-order valence-electron chi connectivity index (χ0n) is 17.2. The second-order valence-electron chi connectivity index (χ2n) is 7.74. The van der Waals surface area contributed by atoms with Gasteiger partial charge in [0.15, 0.2) is 9.84 Å². The van der Waals surface area contributed by atoms with Crippen molar-refractivity contribution in [3.8, 4) is 0 Å². The first-order chi connectivity index (χ1) is 14.6. The number of amides is 1. The lowest BCUT2D eigenvalue weighted by Gasteiger charge is -2.35. The van der Waals surface area contributed by atoms with Gasteiger partial charge in [0.1, 0.15) is 5.69 Å². The number of sulfone groups is 1. The van der Waals surface area contributed by atoms with Gasteiger partial charge in [0.25, 0.3) is 5.91 Å². The van der Waals surface area contributed by atoms with E-state index in [1.54, 1.807) is 17.0 Å². The Morgan fingerprint density at radius 1 is 1.16 bits per heavy atom. The molecule has 1 fully saturated rings. The number of likely N-dealkylation sites (tertiary alicyclic amines) is 1. The summed E-state index contributed by atoms with van der Waals surface area (Å²) < 4.78 is 64.2. The molecule has 0 saturated carbocycles. The Balaban J connectivity index is 1.82. The normalized spacial score (nSPS) is 17.5. The maximum Gasteiger partial charge on any atom is 0.416 e. The first-order valence-corrected chi connectivity index (χ1v) is 11.9. The summed E-state index contributed by atoms with van der Waals surface area (Å²) >= 11 is 0. The summed E-state index contributed by atoms with van der Waals surface area (Å²) in [6, 6.07) is 8.33. The fourth-order valence-corrected chi connectivity index (χ4v) is 5.18. The highest BCUT2D eigenvalue weighted by Crippen LogP contribution is 2.31. The van der Waals surface area contributed by atoms with Crippen molar-refractivity contribution in [1.82, 2.24) is 9.88 Å². The lowest BCUT2D eigenvalue weighted by Crippen LogP contribution is -2.44. The quantitative estimate of drug-likeness (QED) is 0.625. The highest BCUT2D eigenvalue weighted by molar-refractivity contribution is 7.90. The van der Waals surface area contributed by atoms with Crippen LogP contribution in [0.1, 0.15) is 60.8 Å². The van der Waals surface area contributed by atoms with Crippen LogP contribution in [-0.2, 0) is 21.8 Å². The van der Waals surface area contributed by atoms with Crippen LogP contribution in [0, 0.1) is 0 Å². The van der Waals surface area contributed by atoms with Gasteiger partial charge in [0, 0.05) is 12.6 Å². The zero-order chi connectivity index (χ0) is 22.6. The Bertz CT molecular complexity index is 1040. The van der Waals surface area contributed by atoms with E-state index in [4.69, 9.17) is 0 Å². The molecular formula is C22H25F3N2O3S. The summed E-state index contributed by atoms with van der Waals surface area (Å²) in [4.78, 5) is 18.6. The summed E-state index contributed by atoms with van der Waals surface area (Å²) in [6.07, 6.45) is 0.127. The minimum atomic E-state index is -4.64. The summed E-state index contributed by atoms with van der Waals surface area (Å²) in [7, 11) is -4.07. The van der Waals surface area contributed by atoms with Gasteiger partial charge in [-0.15, -0.1) is 0 Å². The second-order valence-corrected chi connectivity index (χ2v) is 9.73. The molecule has 0 bridgehead atoms. The highest BCUT2D eigenvalue weighted by Gasteiger charge is 2.32. The minimum absolute atomic E-state index is 0.118. The van der Waals surface area contributed by atoms with Gasteiger partial charge in [-0.1, -0.05) is 25.5 Å². The molecule has 1 saturated heterocycles. The van der Waals surface area contributed by atoms with Crippen molar-refractivity contribution in [3.63, 3.8) is 0 Å². The van der Waals surface area contributed by atoms with Crippen molar-refractivity contribution in [2.24, 2.45) is 0 Å². The van der Waals surface area contributed by atoms with Gasteiger partial charge in [-0.2, -0.15) is 13.2 Å². The molecule has 3 rings (SSSR count). The highest BCUT2D eigenvalue weighted by atomic mass is 32.2. The van der Waals surface area contributed by atoms with Crippen LogP contribution in [0.5, 0.6) is 0 Å². The Morgan fingerprint density at radius 3 is 2.61 bits per heavy atom. The molecule has 1 unspecified atom stereocenters. The van der Waals surface area contributed by atoms with E-state index in [2.05, 4.69) is 11.9 Å². The predicted octanol–water partition coefficient (Wildman–Crippen LogP) is 4.87. The van der Waals surface area contributed by atoms with Gasteiger partial charge in [-0.3, -0.25) is 4.79 Å². The van der Waals surface area contributed by atoms with Gasteiger partial charge in [-0.05, 0) is 56.0 Å². The molecule has 5 nitrogen and oxygen atoms in total. The van der Waals surface area contributed by atoms with E-state index >= 15 is 0 Å². The molecule has 1 aliphatic heterocycles. The number of carbonyl (C=O) groups excluding carboxylic acids is 1. The third-order valence-corrected chi connectivity index (χ3v) is 7.04. The molecule has 1 aromatic carbocycles. The first kappa shape index (κ1) is 23.2. The number of carbonyl (C=O) groups is 1. The minimum Gasteiger partial charge on any atom is -0.334 e. The SMILES string of the molecule is CCCC1CCCCN1C(=O)c1cccc(CS(=O)(=O)c2cccc(C(F)(F)F)c2)n1. The Kier molecular flexibility index (Phi) is 7.03. The standard InChI is InChI=1S/C22H25F3N2O3S/c1-2-7-18-10-3-4-13-27(18)21(28)20-12-6-9-17(26-20)15-31(29,30)19-11-5-8-16(14-19)22(23,24)25/h5-6,8-9,11-12,14,18H,2-4,7,10,13,15H2,1H3. The number of piperidine rings is 1. The molecule has 168 valence electrons. The monoisotopic (exact) mass is 454 g/mol. The smallest absolute Gasteiger partial charge is 0.334 e. The van der Waals surface area contributed by atoms with Gasteiger partial charge in [0.2, 0.25) is 0 Å². The molecule has 1 atom stereocenters. The van der Waals surface area contributed by atoms with E-state index < -0.39 is 32.2 Å². The van der Waals surface area contributed by atoms with Crippen LogP contribution in [0.2, 0.25) is 0 Å². The topological polar surface area (TPSA) is 67.3 Å². The number of nitrogens with zero attached hydrogens (tertiary/aromatic N) is 2. The number of hydrogen-bond acceptors (Lipinski definition) is 4. The van der Waals surface area contributed by atoms with Crippen LogP contribution < -0.4 is 0 Å². The van der Waals surface area contributed by atoms with Crippen LogP contribution >= 0.6 is 0 Å². The summed E-state index contributed by atoms with van der Waals surface area (Å²) in [5, 5.41) is 0. The van der Waals surface area contributed by atoms with E-state index in [1.165, 1.54) is 6.07 Å². The van der Waals surface area contributed by atoms with Crippen molar-refractivity contribution >= 4 is 15.7 Å². The molecule has 31 heavy (non-hydrogen) atoms. The largest absolute Gasteiger partial charge is 0.416 e. The summed E-state index contributed by atoms with van der Waals surface area (Å²) in [5.41, 5.74) is -0.760. The lowest BCUT2D eigenvalue weighted by molar-refractivity contribution is -0.137. The number of benzene rings is 1. The Morgan fingerprint density at radius 2 is 1.90 bits per heavy atom. The number of alkyl halides is 3. The lowest BCUT2D eigenvalue weighted by atomic mass is 9.98. The van der Waals surface area contributed by atoms with Gasteiger partial charge in [-0.25, -0.2) is 13.4 Å². The molecule has 2 aromatic rings. The molecule has 0 radical (unpaired) electrons. The fraction of sp³-hybridized carbons (Fsp3) is 0.455. The van der Waals surface area contributed by atoms with Crippen LogP contribution in [0.3, 0.4) is 0 Å². The average Bonchev–Trinajstić information content (AvgIpc) is 2.73. The van der Waals surface area contributed by atoms with E-state index in [0.717, 1.165) is 50.3 Å². The zero-order valence-corrected chi connectivity index (χ0v) is 18.0. The second kappa shape index (κ2) is 9.38. The van der Waals surface area contributed by atoms with Crippen molar-refractivity contribution in [1.29, 1.82) is 0 Å². The number of halogens is 3. The van der Waals surface area contributed by atoms with E-state index in [-0.39, 0.29) is 23.3 Å². The van der Waals surface area contributed by atoms with E-state index in [9.17, 15) is 26.4 Å². The number of pyridine rings is 1. The third-order valence-electron chi connectivity index (χ3n) is 5.39. The number of hydrogen-bond donors (Lipinski definition) is 0. The van der Waals surface area contributed by atoms with Crippen LogP contribution in [0.15, 0.2) is 47.4 Å². The number of aromatic nitrogens is 1. The van der Waals surface area contributed by atoms with Crippen molar-refractivity contribution in [3.05, 3.63) is 59.4 Å². The number of rotatable bonds is 6. The molecule has 0 spiro atoms. The van der Waals surface area contributed by atoms with E-state index in [1.807, 2.05) is 0 Å². The third kappa shape index (κ3) is 5.64. The van der Waals surface area contributed by atoms with Crippen molar-refractivity contribution in [2.75, 3.05) is 6.54 Å². The molecule has 9 heteroatoms. The van der Waals surface area contributed by atoms with Crippen molar-refractivity contribution in [2.45, 2.75) is 61.9 Å². The van der Waals surface area contributed by atoms with Crippen LogP contribution in [-0.4, -0.2) is 36.8 Å². The fourth-order valence-electron chi connectivity index (χ4n) is 3.87. The first-order valence-electron chi connectivity index (χ1n) is 10.3. The van der Waals surface area contributed by atoms with Gasteiger partial charge in [0.05, 0.1) is 21.9 Å². The molecule has 0 aliphatic carbocycles. The molecular weight excluding hydrogens is 429 g/mol. The molecule has 1 aliphatic rings. The summed E-state index contributed by atoms with van der Waals surface area (Å²) in [5.74, 6) is -0.829. The average molecular weight is 455 g/mol. The maximum absolute atomic E-state index is 13.0. The molecule has 1 amide bonds. The predicted molar refractivity (Wildman–Crippen MR) is 110 cm³/mol. The van der Waals surface area contributed by atoms with Gasteiger partial charge < -0.3 is 4.90 Å². The van der Waals surface area contributed by atoms with E-state index in [0.29, 0.717) is 12.6 Å². The molecule has 1 aromatic heterocycles. The van der Waals surface area contributed by atoms with Crippen LogP contribution in [0.4, 0.5) is 13.2 Å². The molecule has 2 heterocycles. The maximum atomic E-state index is 13.0.